The Hall–Kier alpha value is -1.55. The fourth-order valence-corrected chi connectivity index (χ4v) is 2.52. The van der Waals surface area contributed by atoms with Gasteiger partial charge in [-0.15, -0.1) is 0 Å². The van der Waals surface area contributed by atoms with E-state index in [1.54, 1.807) is 7.11 Å². The third-order valence-electron chi connectivity index (χ3n) is 4.19. The normalized spacial score (nSPS) is 16.4. The van der Waals surface area contributed by atoms with Crippen molar-refractivity contribution < 1.29 is 9.53 Å². The second kappa shape index (κ2) is 6.75. The summed E-state index contributed by atoms with van der Waals surface area (Å²) in [5, 5.41) is 3.22. The molecule has 110 valence electrons. The Morgan fingerprint density at radius 3 is 2.75 bits per heavy atom. The first-order chi connectivity index (χ1) is 9.63. The Morgan fingerprint density at radius 2 is 2.15 bits per heavy atom. The van der Waals surface area contributed by atoms with Crippen LogP contribution in [0, 0.1) is 11.8 Å². The van der Waals surface area contributed by atoms with E-state index in [4.69, 9.17) is 4.74 Å². The van der Waals surface area contributed by atoms with Gasteiger partial charge in [-0.25, -0.2) is 0 Å². The van der Waals surface area contributed by atoms with Crippen LogP contribution in [0.2, 0.25) is 0 Å². The van der Waals surface area contributed by atoms with Gasteiger partial charge in [0, 0.05) is 19.5 Å². The summed E-state index contributed by atoms with van der Waals surface area (Å²) >= 11 is 0. The van der Waals surface area contributed by atoms with Gasteiger partial charge in [-0.1, -0.05) is 25.1 Å². The standard InChI is InChI=1S/C16H24N2O2/c1-12(14-10-17-11-14)16(19)18(2)9-8-13-6-4-5-7-15(13)20-3/h4-7,12,14,17H,8-11H2,1-3H3. The van der Waals surface area contributed by atoms with Gasteiger partial charge in [0.1, 0.15) is 5.75 Å². The molecule has 4 heteroatoms. The maximum atomic E-state index is 12.3. The van der Waals surface area contributed by atoms with E-state index >= 15 is 0 Å². The zero-order valence-corrected chi connectivity index (χ0v) is 12.6. The van der Waals surface area contributed by atoms with Crippen molar-refractivity contribution in [1.29, 1.82) is 0 Å². The molecule has 20 heavy (non-hydrogen) atoms. The van der Waals surface area contributed by atoms with Crippen LogP contribution >= 0.6 is 0 Å². The number of benzene rings is 1. The van der Waals surface area contributed by atoms with Gasteiger partial charge in [-0.05, 0) is 37.1 Å². The topological polar surface area (TPSA) is 41.6 Å². The van der Waals surface area contributed by atoms with Crippen molar-refractivity contribution in [2.24, 2.45) is 11.8 Å². The second-order valence-corrected chi connectivity index (χ2v) is 5.53. The van der Waals surface area contributed by atoms with Gasteiger partial charge in [-0.2, -0.15) is 0 Å². The fraction of sp³-hybridized carbons (Fsp3) is 0.562. The molecule has 0 spiro atoms. The highest BCUT2D eigenvalue weighted by molar-refractivity contribution is 5.78. The number of hydrogen-bond acceptors (Lipinski definition) is 3. The zero-order valence-electron chi connectivity index (χ0n) is 12.6. The number of nitrogens with one attached hydrogen (secondary N) is 1. The van der Waals surface area contributed by atoms with E-state index in [0.717, 1.165) is 37.4 Å². The number of carbonyl (C=O) groups excluding carboxylic acids is 1. The number of carbonyl (C=O) groups is 1. The van der Waals surface area contributed by atoms with Gasteiger partial charge in [0.15, 0.2) is 0 Å². The largest absolute Gasteiger partial charge is 0.496 e. The lowest BCUT2D eigenvalue weighted by atomic mass is 9.88. The number of nitrogens with zero attached hydrogens (tertiary/aromatic N) is 1. The van der Waals surface area contributed by atoms with Crippen LogP contribution in [0.15, 0.2) is 24.3 Å². The summed E-state index contributed by atoms with van der Waals surface area (Å²) in [4.78, 5) is 14.2. The molecule has 0 aromatic heterocycles. The molecule has 1 aliphatic heterocycles. The Bertz CT molecular complexity index is 458. The van der Waals surface area contributed by atoms with Gasteiger partial charge in [0.25, 0.3) is 0 Å². The minimum absolute atomic E-state index is 0.110. The Balaban J connectivity index is 1.87. The van der Waals surface area contributed by atoms with Gasteiger partial charge in [0.2, 0.25) is 5.91 Å². The van der Waals surface area contributed by atoms with Crippen molar-refractivity contribution in [2.45, 2.75) is 13.3 Å². The monoisotopic (exact) mass is 276 g/mol. The number of hydrogen-bond donors (Lipinski definition) is 1. The maximum Gasteiger partial charge on any atom is 0.225 e. The van der Waals surface area contributed by atoms with Crippen LogP contribution < -0.4 is 10.1 Å². The summed E-state index contributed by atoms with van der Waals surface area (Å²) in [7, 11) is 3.57. The third kappa shape index (κ3) is 3.31. The van der Waals surface area contributed by atoms with Crippen molar-refractivity contribution in [3.05, 3.63) is 29.8 Å². The van der Waals surface area contributed by atoms with E-state index in [-0.39, 0.29) is 11.8 Å². The Kier molecular flexibility index (Phi) is 5.01. The number of methoxy groups -OCH3 is 1. The summed E-state index contributed by atoms with van der Waals surface area (Å²) in [6.45, 7) is 4.69. The molecule has 1 fully saturated rings. The first-order valence-corrected chi connectivity index (χ1v) is 7.21. The van der Waals surface area contributed by atoms with E-state index in [1.165, 1.54) is 0 Å². The highest BCUT2D eigenvalue weighted by Gasteiger charge is 2.30. The quantitative estimate of drug-likeness (QED) is 0.857. The molecule has 1 saturated heterocycles. The minimum Gasteiger partial charge on any atom is -0.496 e. The summed E-state index contributed by atoms with van der Waals surface area (Å²) in [6.07, 6.45) is 0.821. The summed E-state index contributed by atoms with van der Waals surface area (Å²) in [6, 6.07) is 7.97. The average molecular weight is 276 g/mol. The second-order valence-electron chi connectivity index (χ2n) is 5.53. The van der Waals surface area contributed by atoms with E-state index in [0.29, 0.717) is 5.92 Å². The van der Waals surface area contributed by atoms with Crippen LogP contribution in [0.1, 0.15) is 12.5 Å². The Labute approximate surface area is 121 Å². The molecule has 1 unspecified atom stereocenters. The van der Waals surface area contributed by atoms with Gasteiger partial charge in [-0.3, -0.25) is 4.79 Å². The molecule has 0 bridgehead atoms. The van der Waals surface area contributed by atoms with E-state index < -0.39 is 0 Å². The molecule has 1 aliphatic rings. The first kappa shape index (κ1) is 14.9. The summed E-state index contributed by atoms with van der Waals surface area (Å²) in [5.41, 5.74) is 1.15. The summed E-state index contributed by atoms with van der Waals surface area (Å²) < 4.78 is 5.34. The molecule has 1 atom stereocenters. The van der Waals surface area contributed by atoms with Crippen molar-refractivity contribution in [2.75, 3.05) is 33.8 Å². The van der Waals surface area contributed by atoms with Crippen LogP contribution in [0.4, 0.5) is 0 Å². The predicted octanol–water partition coefficient (Wildman–Crippen LogP) is 1.55. The molecule has 1 amide bonds. The molecular formula is C16H24N2O2. The van der Waals surface area contributed by atoms with Crippen LogP contribution in [0.5, 0.6) is 5.75 Å². The van der Waals surface area contributed by atoms with Crippen LogP contribution in [-0.2, 0) is 11.2 Å². The Morgan fingerprint density at radius 1 is 1.45 bits per heavy atom. The number of ether oxygens (including phenoxy) is 1. The lowest BCUT2D eigenvalue weighted by Gasteiger charge is -2.34. The van der Waals surface area contributed by atoms with Crippen molar-refractivity contribution in [3.63, 3.8) is 0 Å². The molecule has 1 aromatic carbocycles. The number of rotatable bonds is 6. The SMILES string of the molecule is COc1ccccc1CCN(C)C(=O)C(C)C1CNC1. The summed E-state index contributed by atoms with van der Waals surface area (Å²) in [5.74, 6) is 1.74. The van der Waals surface area contributed by atoms with E-state index in [9.17, 15) is 4.79 Å². The van der Waals surface area contributed by atoms with Crippen molar-refractivity contribution in [1.82, 2.24) is 10.2 Å². The molecule has 2 rings (SSSR count). The molecule has 0 aliphatic carbocycles. The van der Waals surface area contributed by atoms with E-state index in [2.05, 4.69) is 11.4 Å². The van der Waals surface area contributed by atoms with Gasteiger partial charge in [0.05, 0.1) is 7.11 Å². The van der Waals surface area contributed by atoms with E-state index in [1.807, 2.05) is 37.1 Å². The van der Waals surface area contributed by atoms with Gasteiger partial charge < -0.3 is 15.0 Å². The molecule has 1 N–H and O–H groups in total. The molecule has 4 nitrogen and oxygen atoms in total. The highest BCUT2D eigenvalue weighted by Crippen LogP contribution is 2.20. The molecule has 1 heterocycles. The maximum absolute atomic E-state index is 12.3. The van der Waals surface area contributed by atoms with Crippen LogP contribution in [-0.4, -0.2) is 44.6 Å². The van der Waals surface area contributed by atoms with Crippen LogP contribution in [0.25, 0.3) is 0 Å². The highest BCUT2D eigenvalue weighted by atomic mass is 16.5. The lowest BCUT2D eigenvalue weighted by Crippen LogP contribution is -2.50. The number of amides is 1. The molecule has 0 radical (unpaired) electrons. The predicted molar refractivity (Wildman–Crippen MR) is 79.9 cm³/mol. The zero-order chi connectivity index (χ0) is 14.5. The van der Waals surface area contributed by atoms with Crippen LogP contribution in [0.3, 0.4) is 0 Å². The minimum atomic E-state index is 0.110. The number of likely N-dealkylation sites (N-methyl/N-ethyl adjacent to an activating group) is 1. The lowest BCUT2D eigenvalue weighted by molar-refractivity contribution is -0.136. The first-order valence-electron chi connectivity index (χ1n) is 7.21. The van der Waals surface area contributed by atoms with Crippen molar-refractivity contribution >= 4 is 5.91 Å². The number of para-hydroxylation sites is 1. The van der Waals surface area contributed by atoms with Crippen molar-refractivity contribution in [3.8, 4) is 5.75 Å². The van der Waals surface area contributed by atoms with Gasteiger partial charge >= 0.3 is 0 Å². The fourth-order valence-electron chi connectivity index (χ4n) is 2.52. The molecule has 0 saturated carbocycles. The third-order valence-corrected chi connectivity index (χ3v) is 4.19. The molecule has 1 aromatic rings. The average Bonchev–Trinajstić information content (AvgIpc) is 2.42. The molecular weight excluding hydrogens is 252 g/mol. The smallest absolute Gasteiger partial charge is 0.225 e.